The number of anilines is 1. The summed E-state index contributed by atoms with van der Waals surface area (Å²) in [4.78, 5) is 62.1. The minimum atomic E-state index is -1.87. The van der Waals surface area contributed by atoms with Gasteiger partial charge in [-0.3, -0.25) is 14.6 Å². The van der Waals surface area contributed by atoms with Gasteiger partial charge in [-0.2, -0.15) is 0 Å². The molecule has 3 heterocycles. The number of aliphatic imine (C=N–C) groups is 1. The number of aliphatic hydroxyl groups excluding tert-OH is 3. The Morgan fingerprint density at radius 3 is 2.31 bits per heavy atom. The lowest BCUT2D eigenvalue weighted by Gasteiger charge is -2.40. The Bertz CT molecular complexity index is 1480. The Kier molecular flexibility index (Phi) is 9.72. The van der Waals surface area contributed by atoms with Gasteiger partial charge in [0.05, 0.1) is 0 Å². The standard InChI is InChI=1S/C27H28N2O16/c30-16-7-14-11(5-15(26(41)42)29(14)2-1-10-3-12(24(37)38)28-13(4-10)25(39)40)6-17(16)44-27-23(36)22(35)21(34)18(45-27)9-43-20(33)8-19(31)32/h1-3,6-7,13,15,18,21-23,27,30,34-36H,4-5,8-9H2,(H,31,32)(H,37,38)(H,39,40)(H,41,42)/b2-1+/t13-,15-,18+,21+,22-,23+,27+/m0/s1. The van der Waals surface area contributed by atoms with E-state index in [1.165, 1.54) is 23.2 Å². The molecule has 0 saturated carbocycles. The summed E-state index contributed by atoms with van der Waals surface area (Å²) in [6.45, 7) is -0.710. The summed E-state index contributed by atoms with van der Waals surface area (Å²) >= 11 is 0. The highest BCUT2D eigenvalue weighted by Crippen LogP contribution is 2.42. The van der Waals surface area contributed by atoms with Gasteiger partial charge in [0.1, 0.15) is 49.2 Å². The fourth-order valence-corrected chi connectivity index (χ4v) is 4.85. The maximum atomic E-state index is 12.1. The number of fused-ring (bicyclic) bond motifs is 1. The number of dihydropyridines is 1. The molecule has 0 aliphatic carbocycles. The van der Waals surface area contributed by atoms with E-state index in [9.17, 15) is 59.7 Å². The van der Waals surface area contributed by atoms with Crippen molar-refractivity contribution in [2.24, 2.45) is 4.99 Å². The third-order valence-corrected chi connectivity index (χ3v) is 7.09. The number of ether oxygens (including phenoxy) is 3. The predicted octanol–water partition coefficient (Wildman–Crippen LogP) is -1.77. The van der Waals surface area contributed by atoms with Crippen LogP contribution in [0.4, 0.5) is 5.69 Å². The van der Waals surface area contributed by atoms with E-state index in [1.54, 1.807) is 0 Å². The number of carbonyl (C=O) groups is 5. The Balaban J connectivity index is 1.55. The minimum Gasteiger partial charge on any atom is -0.504 e. The highest BCUT2D eigenvalue weighted by molar-refractivity contribution is 6.41. The van der Waals surface area contributed by atoms with Crippen LogP contribution in [0, 0.1) is 0 Å². The fraction of sp³-hybridized carbons (Fsp3) is 0.407. The third-order valence-electron chi connectivity index (χ3n) is 7.09. The van der Waals surface area contributed by atoms with Crippen molar-refractivity contribution in [1.82, 2.24) is 0 Å². The number of allylic oxidation sites excluding steroid dienone is 1. The number of hydrogen-bond donors (Lipinski definition) is 8. The number of aromatic hydroxyl groups is 1. The van der Waals surface area contributed by atoms with Crippen molar-refractivity contribution in [2.75, 3.05) is 11.5 Å². The van der Waals surface area contributed by atoms with Crippen molar-refractivity contribution in [1.29, 1.82) is 0 Å². The van der Waals surface area contributed by atoms with Crippen LogP contribution in [-0.2, 0) is 39.9 Å². The Morgan fingerprint density at radius 2 is 1.69 bits per heavy atom. The quantitative estimate of drug-likeness (QED) is 0.0985. The molecule has 3 aliphatic rings. The summed E-state index contributed by atoms with van der Waals surface area (Å²) in [6.07, 6.45) is -6.21. The molecule has 0 radical (unpaired) electrons. The number of phenolic OH excluding ortho intramolecular Hbond substituents is 1. The molecule has 4 rings (SSSR count). The van der Waals surface area contributed by atoms with E-state index in [2.05, 4.69) is 4.99 Å². The first kappa shape index (κ1) is 32.9. The van der Waals surface area contributed by atoms with E-state index in [4.69, 9.17) is 19.3 Å². The van der Waals surface area contributed by atoms with Crippen LogP contribution in [-0.4, -0.2) is 126 Å². The molecule has 1 aromatic rings. The number of aliphatic carboxylic acids is 4. The second-order valence-electron chi connectivity index (χ2n) is 10.2. The molecule has 8 N–H and O–H groups in total. The Labute approximate surface area is 252 Å². The maximum absolute atomic E-state index is 12.1. The second kappa shape index (κ2) is 13.3. The van der Waals surface area contributed by atoms with Crippen molar-refractivity contribution in [3.8, 4) is 11.5 Å². The topological polar surface area (TPSA) is 290 Å². The Hall–Kier alpha value is -5.04. The van der Waals surface area contributed by atoms with Gasteiger partial charge in [0.15, 0.2) is 17.5 Å². The van der Waals surface area contributed by atoms with E-state index in [-0.39, 0.29) is 29.9 Å². The Morgan fingerprint density at radius 1 is 0.978 bits per heavy atom. The van der Waals surface area contributed by atoms with Gasteiger partial charge in [0, 0.05) is 30.8 Å². The van der Waals surface area contributed by atoms with Crippen molar-refractivity contribution in [2.45, 2.75) is 62.1 Å². The first-order chi connectivity index (χ1) is 21.2. The highest BCUT2D eigenvalue weighted by atomic mass is 16.7. The molecular formula is C27H28N2O16. The molecular weight excluding hydrogens is 608 g/mol. The fourth-order valence-electron chi connectivity index (χ4n) is 4.85. The van der Waals surface area contributed by atoms with Crippen LogP contribution >= 0.6 is 0 Å². The van der Waals surface area contributed by atoms with E-state index in [0.717, 1.165) is 12.1 Å². The summed E-state index contributed by atoms with van der Waals surface area (Å²) in [5, 5.41) is 78.8. The molecule has 45 heavy (non-hydrogen) atoms. The van der Waals surface area contributed by atoms with Crippen molar-refractivity contribution < 1.29 is 79.0 Å². The van der Waals surface area contributed by atoms with Crippen LogP contribution in [0.1, 0.15) is 18.4 Å². The number of hydrogen-bond acceptors (Lipinski definition) is 14. The average molecular weight is 637 g/mol. The molecule has 0 bridgehead atoms. The first-order valence-electron chi connectivity index (χ1n) is 13.2. The van der Waals surface area contributed by atoms with E-state index < -0.39 is 97.1 Å². The number of rotatable bonds is 11. The summed E-state index contributed by atoms with van der Waals surface area (Å²) in [7, 11) is 0. The van der Waals surface area contributed by atoms with Gasteiger partial charge in [-0.05, 0) is 29.4 Å². The van der Waals surface area contributed by atoms with Crippen molar-refractivity contribution >= 4 is 41.2 Å². The van der Waals surface area contributed by atoms with Gasteiger partial charge in [-0.1, -0.05) is 0 Å². The molecule has 0 aromatic heterocycles. The normalized spacial score (nSPS) is 27.7. The zero-order valence-electron chi connectivity index (χ0n) is 23.0. The molecule has 3 aliphatic heterocycles. The number of aliphatic hydroxyl groups is 3. The zero-order valence-corrected chi connectivity index (χ0v) is 23.0. The maximum Gasteiger partial charge on any atom is 0.354 e. The summed E-state index contributed by atoms with van der Waals surface area (Å²) < 4.78 is 15.7. The molecule has 242 valence electrons. The monoisotopic (exact) mass is 636 g/mol. The molecule has 1 saturated heterocycles. The highest BCUT2D eigenvalue weighted by Gasteiger charge is 2.46. The smallest absolute Gasteiger partial charge is 0.354 e. The van der Waals surface area contributed by atoms with Gasteiger partial charge < -0.3 is 60.0 Å². The average Bonchev–Trinajstić information content (AvgIpc) is 3.32. The summed E-state index contributed by atoms with van der Waals surface area (Å²) in [5.41, 5.74) is 0.281. The van der Waals surface area contributed by atoms with Crippen LogP contribution in [0.3, 0.4) is 0 Å². The number of carboxylic acid groups (broad SMARTS) is 4. The summed E-state index contributed by atoms with van der Waals surface area (Å²) in [6, 6.07) is -0.182. The van der Waals surface area contributed by atoms with E-state index >= 15 is 0 Å². The SMILES string of the molecule is O=C(O)CC(=O)OC[C@H]1O[C@@H](Oc2cc3c(cc2O)N(/C=C/C2=CC(C(=O)O)=N[C@H](C(=O)O)C2)[C@H](C(=O)O)C3)[C@H](O)[C@@H](O)[C@@H]1O. The lowest BCUT2D eigenvalue weighted by atomic mass is 9.99. The van der Waals surface area contributed by atoms with Gasteiger partial charge >= 0.3 is 29.8 Å². The number of carbonyl (C=O) groups excluding carboxylic acids is 1. The number of phenols is 1. The lowest BCUT2D eigenvalue weighted by molar-refractivity contribution is -0.278. The molecule has 1 fully saturated rings. The van der Waals surface area contributed by atoms with Gasteiger partial charge in [0.2, 0.25) is 6.29 Å². The van der Waals surface area contributed by atoms with Crippen LogP contribution in [0.15, 0.2) is 41.1 Å². The van der Waals surface area contributed by atoms with Gasteiger partial charge in [-0.25, -0.2) is 14.4 Å². The van der Waals surface area contributed by atoms with Crippen molar-refractivity contribution in [3.63, 3.8) is 0 Å². The van der Waals surface area contributed by atoms with Crippen LogP contribution in [0.2, 0.25) is 0 Å². The molecule has 7 atom stereocenters. The molecule has 0 amide bonds. The van der Waals surface area contributed by atoms with Gasteiger partial charge in [-0.15, -0.1) is 0 Å². The van der Waals surface area contributed by atoms with E-state index in [0.29, 0.717) is 5.56 Å². The minimum absolute atomic E-state index is 0.123. The number of benzene rings is 1. The summed E-state index contributed by atoms with van der Waals surface area (Å²) in [5.74, 6) is -7.57. The molecule has 0 unspecified atom stereocenters. The molecule has 18 nitrogen and oxygen atoms in total. The van der Waals surface area contributed by atoms with Crippen LogP contribution < -0.4 is 9.64 Å². The van der Waals surface area contributed by atoms with Crippen LogP contribution in [0.25, 0.3) is 0 Å². The molecule has 1 aromatic carbocycles. The van der Waals surface area contributed by atoms with Crippen LogP contribution in [0.5, 0.6) is 11.5 Å². The predicted molar refractivity (Wildman–Crippen MR) is 145 cm³/mol. The largest absolute Gasteiger partial charge is 0.504 e. The second-order valence-corrected chi connectivity index (χ2v) is 10.2. The molecule has 18 heteroatoms. The first-order valence-corrected chi connectivity index (χ1v) is 13.2. The number of nitrogens with zero attached hydrogens (tertiary/aromatic N) is 2. The van der Waals surface area contributed by atoms with Gasteiger partial charge in [0.25, 0.3) is 0 Å². The van der Waals surface area contributed by atoms with Crippen molar-refractivity contribution in [3.05, 3.63) is 41.6 Å². The number of esters is 1. The lowest BCUT2D eigenvalue weighted by Crippen LogP contribution is -2.60. The van der Waals surface area contributed by atoms with E-state index in [1.807, 2.05) is 0 Å². The third kappa shape index (κ3) is 7.37. The number of carboxylic acids is 4. The molecule has 0 spiro atoms. The zero-order chi connectivity index (χ0) is 33.2.